The summed E-state index contributed by atoms with van der Waals surface area (Å²) in [5, 5.41) is 8.07. The van der Waals surface area contributed by atoms with Crippen LogP contribution in [0.15, 0.2) is 6.07 Å². The summed E-state index contributed by atoms with van der Waals surface area (Å²) in [7, 11) is 0. The van der Waals surface area contributed by atoms with E-state index in [1.165, 1.54) is 0 Å². The maximum Gasteiger partial charge on any atom is 0.574 e. The minimum absolute atomic E-state index is 0.510. The third-order valence-electron chi connectivity index (χ3n) is 1.65. The Kier molecular flexibility index (Phi) is 4.10. The summed E-state index contributed by atoms with van der Waals surface area (Å²) in [4.78, 5) is 3.10. The Balaban J connectivity index is 3.18. The van der Waals surface area contributed by atoms with Crippen LogP contribution >= 0.6 is 11.6 Å². The highest BCUT2D eigenvalue weighted by Gasteiger charge is 2.33. The molecule has 1 heterocycles. The lowest BCUT2D eigenvalue weighted by Crippen LogP contribution is -2.18. The van der Waals surface area contributed by atoms with E-state index < -0.39 is 41.6 Å². The number of halogens is 6. The summed E-state index contributed by atoms with van der Waals surface area (Å²) in [5.74, 6) is -1.00. The van der Waals surface area contributed by atoms with Crippen molar-refractivity contribution < 1.29 is 31.8 Å². The van der Waals surface area contributed by atoms with Gasteiger partial charge in [0.2, 0.25) is 5.88 Å². The lowest BCUT2D eigenvalue weighted by molar-refractivity contribution is -0.276. The molecular formula is C8H5ClF5NO2. The van der Waals surface area contributed by atoms with E-state index in [1.807, 2.05) is 0 Å². The molecule has 0 aromatic carbocycles. The predicted octanol–water partition coefficient (Wildman–Crippen LogP) is 3.06. The van der Waals surface area contributed by atoms with Crippen LogP contribution < -0.4 is 4.74 Å². The molecule has 0 atom stereocenters. The summed E-state index contributed by atoms with van der Waals surface area (Å²) in [6.07, 6.45) is -8.08. The van der Waals surface area contributed by atoms with Gasteiger partial charge in [0.05, 0.1) is 22.9 Å². The largest absolute Gasteiger partial charge is 0.574 e. The van der Waals surface area contributed by atoms with Crippen molar-refractivity contribution in [3.8, 4) is 5.88 Å². The second kappa shape index (κ2) is 5.01. The van der Waals surface area contributed by atoms with Gasteiger partial charge in [-0.15, -0.1) is 13.2 Å². The van der Waals surface area contributed by atoms with Crippen molar-refractivity contribution in [3.05, 3.63) is 22.3 Å². The number of nitrogens with zero attached hydrogens (tertiary/aromatic N) is 1. The number of rotatable bonds is 3. The maximum atomic E-state index is 12.4. The lowest BCUT2D eigenvalue weighted by Gasteiger charge is -2.12. The Bertz CT molecular complexity index is 410. The molecule has 17 heavy (non-hydrogen) atoms. The fourth-order valence-electron chi connectivity index (χ4n) is 1.07. The van der Waals surface area contributed by atoms with Gasteiger partial charge in [0.15, 0.2) is 0 Å². The second-order valence-electron chi connectivity index (χ2n) is 2.81. The van der Waals surface area contributed by atoms with Gasteiger partial charge in [-0.25, -0.2) is 13.8 Å². The monoisotopic (exact) mass is 277 g/mol. The second-order valence-corrected chi connectivity index (χ2v) is 3.22. The quantitative estimate of drug-likeness (QED) is 0.864. The van der Waals surface area contributed by atoms with Crippen LogP contribution in [0.5, 0.6) is 5.88 Å². The van der Waals surface area contributed by atoms with Crippen LogP contribution in [-0.4, -0.2) is 16.5 Å². The van der Waals surface area contributed by atoms with Crippen molar-refractivity contribution in [3.63, 3.8) is 0 Å². The molecule has 0 fully saturated rings. The Morgan fingerprint density at radius 1 is 1.41 bits per heavy atom. The predicted molar refractivity (Wildman–Crippen MR) is 46.8 cm³/mol. The Hall–Kier alpha value is -1.15. The zero-order valence-electron chi connectivity index (χ0n) is 7.93. The van der Waals surface area contributed by atoms with Crippen LogP contribution in [0.25, 0.3) is 0 Å². The van der Waals surface area contributed by atoms with Crippen molar-refractivity contribution in [2.75, 3.05) is 0 Å². The Morgan fingerprint density at radius 2 is 2.00 bits per heavy atom. The van der Waals surface area contributed by atoms with Gasteiger partial charge in [-0.3, -0.25) is 0 Å². The first-order chi connectivity index (χ1) is 7.74. The molecule has 1 rings (SSSR count). The minimum Gasteiger partial charge on any atom is -0.390 e. The number of pyridine rings is 1. The molecule has 0 aliphatic rings. The molecule has 0 unspecified atom stereocenters. The average Bonchev–Trinajstić information content (AvgIpc) is 2.12. The Morgan fingerprint density at radius 3 is 2.41 bits per heavy atom. The summed E-state index contributed by atoms with van der Waals surface area (Å²) in [6, 6.07) is 0.510. The lowest BCUT2D eigenvalue weighted by atomic mass is 10.2. The van der Waals surface area contributed by atoms with E-state index in [2.05, 4.69) is 9.72 Å². The molecule has 3 nitrogen and oxygen atoms in total. The number of hydrogen-bond donors (Lipinski definition) is 1. The van der Waals surface area contributed by atoms with Crippen molar-refractivity contribution in [2.45, 2.75) is 19.4 Å². The molecule has 0 aliphatic carbocycles. The number of aromatic nitrogens is 1. The minimum atomic E-state index is -5.02. The van der Waals surface area contributed by atoms with Crippen LogP contribution in [0.2, 0.25) is 5.02 Å². The third-order valence-corrected chi connectivity index (χ3v) is 1.96. The maximum absolute atomic E-state index is 12.4. The van der Waals surface area contributed by atoms with Crippen LogP contribution in [0, 0.1) is 0 Å². The zero-order chi connectivity index (χ0) is 13.2. The molecule has 0 saturated carbocycles. The van der Waals surface area contributed by atoms with Crippen LogP contribution in [0.4, 0.5) is 22.0 Å². The molecule has 0 saturated heterocycles. The molecule has 1 aromatic rings. The van der Waals surface area contributed by atoms with Crippen LogP contribution in [0.1, 0.15) is 17.7 Å². The summed E-state index contributed by atoms with van der Waals surface area (Å²) < 4.78 is 63.9. The smallest absolute Gasteiger partial charge is 0.390 e. The van der Waals surface area contributed by atoms with Gasteiger partial charge < -0.3 is 9.84 Å². The van der Waals surface area contributed by atoms with Crippen molar-refractivity contribution in [1.29, 1.82) is 0 Å². The fourth-order valence-corrected chi connectivity index (χ4v) is 1.36. The first-order valence-corrected chi connectivity index (χ1v) is 4.46. The summed E-state index contributed by atoms with van der Waals surface area (Å²) in [6.45, 7) is -0.978. The van der Waals surface area contributed by atoms with Gasteiger partial charge in [0.25, 0.3) is 6.43 Å². The van der Waals surface area contributed by atoms with Gasteiger partial charge >= 0.3 is 6.36 Å². The number of ether oxygens (including phenoxy) is 1. The van der Waals surface area contributed by atoms with Gasteiger partial charge in [0, 0.05) is 6.07 Å². The molecule has 0 spiro atoms. The van der Waals surface area contributed by atoms with E-state index in [0.717, 1.165) is 0 Å². The van der Waals surface area contributed by atoms with Crippen molar-refractivity contribution in [2.24, 2.45) is 0 Å². The molecular weight excluding hydrogens is 273 g/mol. The molecule has 0 radical (unpaired) electrons. The van der Waals surface area contributed by atoms with E-state index in [1.54, 1.807) is 0 Å². The van der Waals surface area contributed by atoms with E-state index >= 15 is 0 Å². The molecule has 0 amide bonds. The van der Waals surface area contributed by atoms with Crippen molar-refractivity contribution >= 4 is 11.6 Å². The highest BCUT2D eigenvalue weighted by Crippen LogP contribution is 2.33. The first kappa shape index (κ1) is 13.9. The molecule has 0 aliphatic heterocycles. The topological polar surface area (TPSA) is 42.4 Å². The van der Waals surface area contributed by atoms with E-state index in [4.69, 9.17) is 16.7 Å². The normalized spacial score (nSPS) is 12.0. The van der Waals surface area contributed by atoms with E-state index in [0.29, 0.717) is 6.07 Å². The molecule has 96 valence electrons. The highest BCUT2D eigenvalue weighted by atomic mass is 35.5. The first-order valence-electron chi connectivity index (χ1n) is 4.08. The number of hydrogen-bond acceptors (Lipinski definition) is 3. The van der Waals surface area contributed by atoms with Crippen LogP contribution in [-0.2, 0) is 6.61 Å². The number of aliphatic hydroxyl groups excluding tert-OH is 1. The molecule has 9 heteroatoms. The number of alkyl halides is 5. The van der Waals surface area contributed by atoms with E-state index in [9.17, 15) is 22.0 Å². The standard InChI is InChI=1S/C8H5ClF5NO2/c9-3-1-5(17-8(12,13)14)15-4(2-16)6(3)7(10)11/h1,7,16H,2H2. The number of aliphatic hydroxyl groups is 1. The SMILES string of the molecule is OCc1nc(OC(F)(F)F)cc(Cl)c1C(F)F. The van der Waals surface area contributed by atoms with Crippen LogP contribution in [0.3, 0.4) is 0 Å². The van der Waals surface area contributed by atoms with Gasteiger partial charge in [-0.1, -0.05) is 11.6 Å². The van der Waals surface area contributed by atoms with Gasteiger partial charge in [-0.05, 0) is 0 Å². The van der Waals surface area contributed by atoms with Gasteiger partial charge in [-0.2, -0.15) is 0 Å². The molecule has 1 aromatic heterocycles. The Labute approximate surface area is 96.8 Å². The molecule has 0 bridgehead atoms. The average molecular weight is 278 g/mol. The van der Waals surface area contributed by atoms with Gasteiger partial charge in [0.1, 0.15) is 0 Å². The molecule has 1 N–H and O–H groups in total. The fraction of sp³-hybridized carbons (Fsp3) is 0.375. The summed E-state index contributed by atoms with van der Waals surface area (Å²) in [5.41, 5.74) is -1.48. The zero-order valence-corrected chi connectivity index (χ0v) is 8.69. The van der Waals surface area contributed by atoms with E-state index in [-0.39, 0.29) is 0 Å². The highest BCUT2D eigenvalue weighted by molar-refractivity contribution is 6.31. The third kappa shape index (κ3) is 3.67. The summed E-state index contributed by atoms with van der Waals surface area (Å²) >= 11 is 5.36. The van der Waals surface area contributed by atoms with Crippen molar-refractivity contribution in [1.82, 2.24) is 4.98 Å².